The number of para-hydroxylation sites is 1. The maximum atomic E-state index is 12.5. The molecule has 6 heteroatoms. The van der Waals surface area contributed by atoms with Crippen molar-refractivity contribution in [3.05, 3.63) is 64.8 Å². The molecule has 3 aromatic rings. The first-order valence-electron chi connectivity index (χ1n) is 7.20. The summed E-state index contributed by atoms with van der Waals surface area (Å²) in [5.74, 6) is 0.758. The molecule has 0 bridgehead atoms. The van der Waals surface area contributed by atoms with Gasteiger partial charge in [0.15, 0.2) is 0 Å². The van der Waals surface area contributed by atoms with Crippen LogP contribution in [0.4, 0.5) is 0 Å². The van der Waals surface area contributed by atoms with E-state index in [0.29, 0.717) is 10.9 Å². The summed E-state index contributed by atoms with van der Waals surface area (Å²) in [7, 11) is -3.58. The van der Waals surface area contributed by atoms with E-state index in [1.54, 1.807) is 24.3 Å². The Morgan fingerprint density at radius 1 is 1.13 bits per heavy atom. The Morgan fingerprint density at radius 3 is 2.57 bits per heavy atom. The molecular formula is C17H16BrNO3S. The molecule has 3 rings (SSSR count). The van der Waals surface area contributed by atoms with Gasteiger partial charge in [-0.25, -0.2) is 13.1 Å². The van der Waals surface area contributed by atoms with E-state index in [9.17, 15) is 8.42 Å². The van der Waals surface area contributed by atoms with E-state index in [4.69, 9.17) is 4.42 Å². The summed E-state index contributed by atoms with van der Waals surface area (Å²) in [5, 5.41) is 1.02. The predicted molar refractivity (Wildman–Crippen MR) is 93.8 cm³/mol. The maximum Gasteiger partial charge on any atom is 0.241 e. The van der Waals surface area contributed by atoms with E-state index >= 15 is 0 Å². The van der Waals surface area contributed by atoms with Crippen LogP contribution in [0.15, 0.2) is 68.4 Å². The fraction of sp³-hybridized carbons (Fsp3) is 0.176. The summed E-state index contributed by atoms with van der Waals surface area (Å²) in [6, 6.07) is 16.1. The van der Waals surface area contributed by atoms with Crippen molar-refractivity contribution in [3.63, 3.8) is 0 Å². The van der Waals surface area contributed by atoms with Gasteiger partial charge in [-0.1, -0.05) is 30.3 Å². The highest BCUT2D eigenvalue weighted by atomic mass is 79.9. The number of halogens is 1. The molecule has 1 aromatic heterocycles. The van der Waals surface area contributed by atoms with E-state index in [2.05, 4.69) is 20.7 Å². The number of fused-ring (bicyclic) bond motifs is 1. The van der Waals surface area contributed by atoms with Gasteiger partial charge in [0, 0.05) is 22.3 Å². The Balaban J connectivity index is 1.76. The average Bonchev–Trinajstić information content (AvgIpc) is 2.88. The molecule has 0 saturated heterocycles. The second kappa shape index (κ2) is 6.47. The van der Waals surface area contributed by atoms with Gasteiger partial charge in [-0.3, -0.25) is 0 Å². The van der Waals surface area contributed by atoms with Gasteiger partial charge in [-0.05, 0) is 47.1 Å². The summed E-state index contributed by atoms with van der Waals surface area (Å²) in [6.45, 7) is 1.82. The lowest BCUT2D eigenvalue weighted by molar-refractivity contribution is 0.504. The van der Waals surface area contributed by atoms with Crippen LogP contribution in [0.3, 0.4) is 0 Å². The summed E-state index contributed by atoms with van der Waals surface area (Å²) in [6.07, 6.45) is 0.484. The summed E-state index contributed by atoms with van der Waals surface area (Å²) >= 11 is 3.27. The molecular weight excluding hydrogens is 378 g/mol. The standard InChI is InChI=1S/C17H16BrNO3S/c1-12(10-14-11-13-6-2-4-8-16(13)22-14)19-23(20,21)17-9-5-3-7-15(17)18/h2-9,11-12,19H,10H2,1H3. The predicted octanol–water partition coefficient (Wildman–Crippen LogP) is 4.10. The first-order chi connectivity index (χ1) is 11.0. The largest absolute Gasteiger partial charge is 0.461 e. The van der Waals surface area contributed by atoms with Gasteiger partial charge in [0.05, 0.1) is 4.90 Å². The van der Waals surface area contributed by atoms with Crippen LogP contribution in [-0.4, -0.2) is 14.5 Å². The van der Waals surface area contributed by atoms with E-state index in [1.165, 1.54) is 0 Å². The molecule has 0 aliphatic carbocycles. The fourth-order valence-corrected chi connectivity index (χ4v) is 4.72. The topological polar surface area (TPSA) is 59.3 Å². The lowest BCUT2D eigenvalue weighted by Crippen LogP contribution is -2.34. The summed E-state index contributed by atoms with van der Waals surface area (Å²) < 4.78 is 33.9. The minimum atomic E-state index is -3.58. The summed E-state index contributed by atoms with van der Waals surface area (Å²) in [5.41, 5.74) is 0.809. The molecule has 2 aromatic carbocycles. The van der Waals surface area contributed by atoms with Crippen LogP contribution in [0.25, 0.3) is 11.0 Å². The third-order valence-corrected chi connectivity index (χ3v) is 6.07. The molecule has 0 spiro atoms. The molecule has 1 N–H and O–H groups in total. The number of hydrogen-bond acceptors (Lipinski definition) is 3. The molecule has 0 saturated carbocycles. The van der Waals surface area contributed by atoms with Crippen molar-refractivity contribution >= 4 is 36.9 Å². The summed E-state index contributed by atoms with van der Waals surface area (Å²) in [4.78, 5) is 0.233. The zero-order chi connectivity index (χ0) is 16.4. The van der Waals surface area contributed by atoms with Gasteiger partial charge in [-0.2, -0.15) is 0 Å². The lowest BCUT2D eigenvalue weighted by atomic mass is 10.2. The van der Waals surface area contributed by atoms with Crippen molar-refractivity contribution in [2.24, 2.45) is 0 Å². The van der Waals surface area contributed by atoms with Gasteiger partial charge >= 0.3 is 0 Å². The molecule has 1 atom stereocenters. The van der Waals surface area contributed by atoms with Crippen LogP contribution >= 0.6 is 15.9 Å². The monoisotopic (exact) mass is 393 g/mol. The molecule has 0 radical (unpaired) electrons. The molecule has 23 heavy (non-hydrogen) atoms. The highest BCUT2D eigenvalue weighted by molar-refractivity contribution is 9.10. The zero-order valence-electron chi connectivity index (χ0n) is 12.5. The number of rotatable bonds is 5. The zero-order valence-corrected chi connectivity index (χ0v) is 14.9. The maximum absolute atomic E-state index is 12.5. The highest BCUT2D eigenvalue weighted by Gasteiger charge is 2.20. The molecule has 120 valence electrons. The van der Waals surface area contributed by atoms with Crippen molar-refractivity contribution in [2.45, 2.75) is 24.3 Å². The Morgan fingerprint density at radius 2 is 1.83 bits per heavy atom. The van der Waals surface area contributed by atoms with Crippen LogP contribution in [0.5, 0.6) is 0 Å². The van der Waals surface area contributed by atoms with E-state index in [-0.39, 0.29) is 10.9 Å². The molecule has 0 aliphatic heterocycles. The number of furan rings is 1. The highest BCUT2D eigenvalue weighted by Crippen LogP contribution is 2.23. The van der Waals surface area contributed by atoms with Crippen LogP contribution in [0, 0.1) is 0 Å². The van der Waals surface area contributed by atoms with Crippen LogP contribution < -0.4 is 4.72 Å². The van der Waals surface area contributed by atoms with Crippen molar-refractivity contribution in [1.29, 1.82) is 0 Å². The Kier molecular flexibility index (Phi) is 4.57. The van der Waals surface area contributed by atoms with Gasteiger partial charge < -0.3 is 4.42 Å². The van der Waals surface area contributed by atoms with Crippen molar-refractivity contribution in [2.75, 3.05) is 0 Å². The Bertz CT molecular complexity index is 901. The molecule has 1 unspecified atom stereocenters. The second-order valence-corrected chi connectivity index (χ2v) is 7.94. The van der Waals surface area contributed by atoms with Crippen molar-refractivity contribution in [3.8, 4) is 0 Å². The first kappa shape index (κ1) is 16.2. The Labute approximate surface area is 143 Å². The van der Waals surface area contributed by atoms with Crippen molar-refractivity contribution in [1.82, 2.24) is 4.72 Å². The molecule has 1 heterocycles. The number of hydrogen-bond donors (Lipinski definition) is 1. The lowest BCUT2D eigenvalue weighted by Gasteiger charge is -2.14. The van der Waals surface area contributed by atoms with Crippen LogP contribution in [0.2, 0.25) is 0 Å². The van der Waals surface area contributed by atoms with E-state index in [1.807, 2.05) is 37.3 Å². The van der Waals surface area contributed by atoms with Crippen LogP contribution in [-0.2, 0) is 16.4 Å². The Hall–Kier alpha value is -1.63. The second-order valence-electron chi connectivity index (χ2n) is 5.41. The average molecular weight is 394 g/mol. The SMILES string of the molecule is CC(Cc1cc2ccccc2o1)NS(=O)(=O)c1ccccc1Br. The van der Waals surface area contributed by atoms with Gasteiger partial charge in [0.25, 0.3) is 0 Å². The van der Waals surface area contributed by atoms with Crippen LogP contribution in [0.1, 0.15) is 12.7 Å². The molecule has 4 nitrogen and oxygen atoms in total. The third-order valence-electron chi connectivity index (χ3n) is 3.47. The normalized spacial score (nSPS) is 13.3. The smallest absolute Gasteiger partial charge is 0.241 e. The van der Waals surface area contributed by atoms with E-state index in [0.717, 1.165) is 16.7 Å². The minimum absolute atomic E-state index is 0.233. The van der Waals surface area contributed by atoms with Gasteiger partial charge in [0.1, 0.15) is 11.3 Å². The van der Waals surface area contributed by atoms with Crippen molar-refractivity contribution < 1.29 is 12.8 Å². The molecule has 0 aliphatic rings. The quantitative estimate of drug-likeness (QED) is 0.709. The van der Waals surface area contributed by atoms with E-state index < -0.39 is 10.0 Å². The third kappa shape index (κ3) is 3.65. The first-order valence-corrected chi connectivity index (χ1v) is 9.47. The number of sulfonamides is 1. The molecule has 0 amide bonds. The fourth-order valence-electron chi connectivity index (χ4n) is 2.47. The van der Waals surface area contributed by atoms with Gasteiger partial charge in [-0.15, -0.1) is 0 Å². The van der Waals surface area contributed by atoms with Gasteiger partial charge in [0.2, 0.25) is 10.0 Å². The number of nitrogens with one attached hydrogen (secondary N) is 1. The number of benzene rings is 2. The molecule has 0 fully saturated rings. The minimum Gasteiger partial charge on any atom is -0.461 e.